The first-order chi connectivity index (χ1) is 11.3. The molecule has 0 bridgehead atoms. The van der Waals surface area contributed by atoms with Crippen LogP contribution in [0.2, 0.25) is 0 Å². The molecule has 1 fully saturated rings. The molecule has 0 amide bonds. The van der Waals surface area contributed by atoms with E-state index in [4.69, 9.17) is 0 Å². The van der Waals surface area contributed by atoms with Crippen LogP contribution in [0.5, 0.6) is 0 Å². The van der Waals surface area contributed by atoms with Crippen molar-refractivity contribution in [2.75, 3.05) is 17.2 Å². The number of nitriles is 1. The standard InChI is InChI=1S/C19H16N2OS/c20-14-17(18(22)15-8-3-1-4-9-15)19-21(12-7-13-23-19)16-10-5-2-6-11-16/h1-6,8-11H,7,12-13H2/b19-17-. The molecule has 1 aliphatic rings. The Morgan fingerprint density at radius 3 is 2.35 bits per heavy atom. The van der Waals surface area contributed by atoms with Crippen molar-refractivity contribution in [3.63, 3.8) is 0 Å². The highest BCUT2D eigenvalue weighted by atomic mass is 32.2. The van der Waals surface area contributed by atoms with E-state index in [1.165, 1.54) is 0 Å². The summed E-state index contributed by atoms with van der Waals surface area (Å²) >= 11 is 1.58. The molecule has 0 N–H and O–H groups in total. The van der Waals surface area contributed by atoms with Crippen molar-refractivity contribution in [1.29, 1.82) is 5.26 Å². The van der Waals surface area contributed by atoms with Crippen LogP contribution in [0, 0.1) is 11.3 Å². The van der Waals surface area contributed by atoms with Gasteiger partial charge >= 0.3 is 0 Å². The van der Waals surface area contributed by atoms with E-state index in [2.05, 4.69) is 11.0 Å². The summed E-state index contributed by atoms with van der Waals surface area (Å²) in [7, 11) is 0. The third-order valence-electron chi connectivity index (χ3n) is 3.67. The molecule has 0 saturated carbocycles. The van der Waals surface area contributed by atoms with Gasteiger partial charge in [-0.3, -0.25) is 4.79 Å². The molecule has 23 heavy (non-hydrogen) atoms. The van der Waals surface area contributed by atoms with Crippen molar-refractivity contribution in [1.82, 2.24) is 0 Å². The number of anilines is 1. The van der Waals surface area contributed by atoms with Gasteiger partial charge in [-0.1, -0.05) is 48.5 Å². The van der Waals surface area contributed by atoms with E-state index in [0.29, 0.717) is 5.56 Å². The fourth-order valence-corrected chi connectivity index (χ4v) is 3.66. The molecule has 0 atom stereocenters. The molecule has 4 heteroatoms. The van der Waals surface area contributed by atoms with Gasteiger partial charge < -0.3 is 4.90 Å². The minimum Gasteiger partial charge on any atom is -0.335 e. The first-order valence-electron chi connectivity index (χ1n) is 7.51. The van der Waals surface area contributed by atoms with Gasteiger partial charge in [0.1, 0.15) is 11.6 Å². The van der Waals surface area contributed by atoms with Gasteiger partial charge in [-0.25, -0.2) is 0 Å². The van der Waals surface area contributed by atoms with Crippen molar-refractivity contribution in [2.45, 2.75) is 6.42 Å². The van der Waals surface area contributed by atoms with Crippen molar-refractivity contribution >= 4 is 23.2 Å². The maximum Gasteiger partial charge on any atom is 0.206 e. The second-order valence-corrected chi connectivity index (χ2v) is 6.26. The molecule has 1 heterocycles. The summed E-state index contributed by atoms with van der Waals surface area (Å²) in [5.41, 5.74) is 1.80. The van der Waals surface area contributed by atoms with Gasteiger partial charge in [-0.15, -0.1) is 11.8 Å². The third kappa shape index (κ3) is 3.30. The zero-order valence-electron chi connectivity index (χ0n) is 12.6. The van der Waals surface area contributed by atoms with E-state index in [0.717, 1.165) is 29.4 Å². The van der Waals surface area contributed by atoms with Gasteiger partial charge in [-0.05, 0) is 18.6 Å². The lowest BCUT2D eigenvalue weighted by Crippen LogP contribution is -2.29. The maximum atomic E-state index is 12.7. The van der Waals surface area contributed by atoms with Gasteiger partial charge in [0.25, 0.3) is 0 Å². The Morgan fingerprint density at radius 1 is 1.04 bits per heavy atom. The highest BCUT2D eigenvalue weighted by molar-refractivity contribution is 8.03. The molecule has 2 aromatic carbocycles. The lowest BCUT2D eigenvalue weighted by molar-refractivity contribution is 0.103. The fourth-order valence-electron chi connectivity index (χ4n) is 2.56. The molecule has 3 nitrogen and oxygen atoms in total. The van der Waals surface area contributed by atoms with Crippen LogP contribution in [0.15, 0.2) is 71.3 Å². The topological polar surface area (TPSA) is 44.1 Å². The minimum absolute atomic E-state index is 0.210. The molecule has 0 radical (unpaired) electrons. The zero-order chi connectivity index (χ0) is 16.1. The Hall–Kier alpha value is -2.51. The maximum absolute atomic E-state index is 12.7. The van der Waals surface area contributed by atoms with E-state index < -0.39 is 0 Å². The number of carbonyl (C=O) groups is 1. The van der Waals surface area contributed by atoms with Crippen LogP contribution < -0.4 is 4.90 Å². The van der Waals surface area contributed by atoms with E-state index in [1.54, 1.807) is 23.9 Å². The van der Waals surface area contributed by atoms with Gasteiger partial charge in [0.2, 0.25) is 5.78 Å². The number of hydrogen-bond donors (Lipinski definition) is 0. The average molecular weight is 320 g/mol. The smallest absolute Gasteiger partial charge is 0.206 e. The quantitative estimate of drug-likeness (QED) is 0.482. The number of hydrogen-bond acceptors (Lipinski definition) is 4. The molecular formula is C19H16N2OS. The number of rotatable bonds is 3. The molecule has 0 unspecified atom stereocenters. The fraction of sp³-hybridized carbons (Fsp3) is 0.158. The SMILES string of the molecule is N#C/C(C(=O)c1ccccc1)=C1/SCCCN1c1ccccc1. The second kappa shape index (κ2) is 7.17. The summed E-state index contributed by atoms with van der Waals surface area (Å²) in [6, 6.07) is 21.0. The molecule has 1 saturated heterocycles. The first-order valence-corrected chi connectivity index (χ1v) is 8.49. The predicted molar refractivity (Wildman–Crippen MR) is 94.3 cm³/mol. The van der Waals surface area contributed by atoms with Crippen molar-refractivity contribution in [3.8, 4) is 6.07 Å². The van der Waals surface area contributed by atoms with Crippen molar-refractivity contribution in [2.24, 2.45) is 0 Å². The molecule has 1 aliphatic heterocycles. The number of para-hydroxylation sites is 1. The Kier molecular flexibility index (Phi) is 4.80. The lowest BCUT2D eigenvalue weighted by atomic mass is 10.0. The van der Waals surface area contributed by atoms with Gasteiger partial charge in [0, 0.05) is 23.5 Å². The molecule has 0 spiro atoms. The third-order valence-corrected chi connectivity index (χ3v) is 4.86. The summed E-state index contributed by atoms with van der Waals surface area (Å²) in [5, 5.41) is 10.4. The average Bonchev–Trinajstić information content (AvgIpc) is 2.64. The van der Waals surface area contributed by atoms with Crippen molar-refractivity contribution < 1.29 is 4.79 Å². The second-order valence-electron chi connectivity index (χ2n) is 5.18. The van der Waals surface area contributed by atoms with Crippen molar-refractivity contribution in [3.05, 3.63) is 76.8 Å². The minimum atomic E-state index is -0.210. The van der Waals surface area contributed by atoms with Gasteiger partial charge in [-0.2, -0.15) is 5.26 Å². The van der Waals surface area contributed by atoms with E-state index in [9.17, 15) is 10.1 Å². The normalized spacial score (nSPS) is 16.6. The van der Waals surface area contributed by atoms with Crippen LogP contribution in [0.25, 0.3) is 0 Å². The van der Waals surface area contributed by atoms with E-state index in [1.807, 2.05) is 48.5 Å². The summed E-state index contributed by atoms with van der Waals surface area (Å²) in [4.78, 5) is 14.8. The van der Waals surface area contributed by atoms with Gasteiger partial charge in [0.05, 0.1) is 5.03 Å². The monoisotopic (exact) mass is 320 g/mol. The molecular weight excluding hydrogens is 304 g/mol. The Labute approximate surface area is 140 Å². The number of carbonyl (C=O) groups excluding carboxylic acids is 1. The van der Waals surface area contributed by atoms with Crippen LogP contribution >= 0.6 is 11.8 Å². The number of allylic oxidation sites excluding steroid dienone is 1. The van der Waals surface area contributed by atoms with E-state index >= 15 is 0 Å². The van der Waals surface area contributed by atoms with Crippen LogP contribution in [-0.2, 0) is 0 Å². The Morgan fingerprint density at radius 2 is 1.70 bits per heavy atom. The van der Waals surface area contributed by atoms with Crippen LogP contribution in [0.4, 0.5) is 5.69 Å². The van der Waals surface area contributed by atoms with Gasteiger partial charge in [0.15, 0.2) is 0 Å². The number of Topliss-reactive ketones (excluding diaryl/α,β-unsaturated/α-hetero) is 1. The summed E-state index contributed by atoms with van der Waals surface area (Å²) < 4.78 is 0. The summed E-state index contributed by atoms with van der Waals surface area (Å²) in [6.45, 7) is 0.819. The Bertz CT molecular complexity index is 763. The Balaban J connectivity index is 2.04. The molecule has 114 valence electrons. The number of nitrogens with zero attached hydrogens (tertiary/aromatic N) is 2. The molecule has 0 aliphatic carbocycles. The largest absolute Gasteiger partial charge is 0.335 e. The predicted octanol–water partition coefficient (Wildman–Crippen LogP) is 4.25. The lowest BCUT2D eigenvalue weighted by Gasteiger charge is -2.31. The number of benzene rings is 2. The van der Waals surface area contributed by atoms with E-state index in [-0.39, 0.29) is 11.4 Å². The summed E-state index contributed by atoms with van der Waals surface area (Å²) in [5.74, 6) is 0.713. The molecule has 3 rings (SSSR count). The number of thioether (sulfide) groups is 1. The molecule has 2 aromatic rings. The highest BCUT2D eigenvalue weighted by Crippen LogP contribution is 2.34. The van der Waals surface area contributed by atoms with Crippen LogP contribution in [-0.4, -0.2) is 18.1 Å². The van der Waals surface area contributed by atoms with Crippen LogP contribution in [0.3, 0.4) is 0 Å². The highest BCUT2D eigenvalue weighted by Gasteiger charge is 2.25. The van der Waals surface area contributed by atoms with Crippen LogP contribution in [0.1, 0.15) is 16.8 Å². The summed E-state index contributed by atoms with van der Waals surface area (Å²) in [6.07, 6.45) is 1.03. The molecule has 0 aromatic heterocycles. The number of ketones is 1. The zero-order valence-corrected chi connectivity index (χ0v) is 13.4. The first kappa shape index (κ1) is 15.4.